The van der Waals surface area contributed by atoms with Crippen LogP contribution in [0.2, 0.25) is 5.02 Å². The Morgan fingerprint density at radius 3 is 2.33 bits per heavy atom. The summed E-state index contributed by atoms with van der Waals surface area (Å²) in [6, 6.07) is 6.36. The van der Waals surface area contributed by atoms with E-state index < -0.39 is 0 Å². The molecule has 1 unspecified atom stereocenters. The molecule has 1 N–H and O–H groups in total. The van der Waals surface area contributed by atoms with Gasteiger partial charge in [-0.1, -0.05) is 32.4 Å². The molecule has 1 aromatic carbocycles. The van der Waals surface area contributed by atoms with Crippen molar-refractivity contribution in [2.75, 3.05) is 5.32 Å². The standard InChI is InChI=1S/C15H24ClNO/c1-6-14(10(2)3)17-12-7-8-15(13(16)9-12)18-11(4)5/h7-11,14,17H,6H2,1-5H3. The first-order chi connectivity index (χ1) is 8.43. The Morgan fingerprint density at radius 1 is 1.22 bits per heavy atom. The number of anilines is 1. The average Bonchev–Trinajstić information content (AvgIpc) is 2.28. The molecule has 0 bridgehead atoms. The minimum Gasteiger partial charge on any atom is -0.489 e. The van der Waals surface area contributed by atoms with Gasteiger partial charge in [-0.05, 0) is 44.4 Å². The normalized spacial score (nSPS) is 12.9. The predicted molar refractivity (Wildman–Crippen MR) is 79.8 cm³/mol. The van der Waals surface area contributed by atoms with Gasteiger partial charge in [0, 0.05) is 11.7 Å². The lowest BCUT2D eigenvalue weighted by Gasteiger charge is -2.22. The molecule has 0 aromatic heterocycles. The van der Waals surface area contributed by atoms with Gasteiger partial charge in [0.25, 0.3) is 0 Å². The van der Waals surface area contributed by atoms with E-state index in [1.165, 1.54) is 0 Å². The highest BCUT2D eigenvalue weighted by Gasteiger charge is 2.12. The molecule has 0 heterocycles. The minimum absolute atomic E-state index is 0.139. The highest BCUT2D eigenvalue weighted by molar-refractivity contribution is 6.32. The second-order valence-electron chi connectivity index (χ2n) is 5.21. The van der Waals surface area contributed by atoms with E-state index in [2.05, 4.69) is 26.1 Å². The molecule has 1 aromatic rings. The van der Waals surface area contributed by atoms with Crippen molar-refractivity contribution in [3.8, 4) is 5.75 Å². The van der Waals surface area contributed by atoms with Crippen molar-refractivity contribution in [1.82, 2.24) is 0 Å². The van der Waals surface area contributed by atoms with Crippen molar-refractivity contribution in [1.29, 1.82) is 0 Å². The topological polar surface area (TPSA) is 21.3 Å². The Balaban J connectivity index is 2.77. The van der Waals surface area contributed by atoms with E-state index in [1.54, 1.807) is 0 Å². The van der Waals surface area contributed by atoms with Gasteiger partial charge in [0.1, 0.15) is 5.75 Å². The van der Waals surface area contributed by atoms with E-state index in [0.29, 0.717) is 17.0 Å². The third kappa shape index (κ3) is 4.41. The summed E-state index contributed by atoms with van der Waals surface area (Å²) < 4.78 is 5.62. The third-order valence-electron chi connectivity index (χ3n) is 2.89. The Bertz CT molecular complexity index is 377. The molecule has 0 aliphatic heterocycles. The first-order valence-corrected chi connectivity index (χ1v) is 7.04. The zero-order chi connectivity index (χ0) is 13.7. The summed E-state index contributed by atoms with van der Waals surface area (Å²) in [5.74, 6) is 1.34. The molecule has 1 atom stereocenters. The molecule has 102 valence electrons. The highest BCUT2D eigenvalue weighted by atomic mass is 35.5. The predicted octanol–water partition coefficient (Wildman–Crippen LogP) is 4.97. The van der Waals surface area contributed by atoms with E-state index in [1.807, 2.05) is 32.0 Å². The summed E-state index contributed by atoms with van der Waals surface area (Å²) >= 11 is 6.21. The van der Waals surface area contributed by atoms with Gasteiger partial charge in [-0.3, -0.25) is 0 Å². The summed E-state index contributed by atoms with van der Waals surface area (Å²) in [5.41, 5.74) is 1.05. The molecule has 2 nitrogen and oxygen atoms in total. The quantitative estimate of drug-likeness (QED) is 0.787. The SMILES string of the molecule is CCC(Nc1ccc(OC(C)C)c(Cl)c1)C(C)C. The second-order valence-corrected chi connectivity index (χ2v) is 5.62. The molecule has 0 spiro atoms. The van der Waals surface area contributed by atoms with Gasteiger partial charge in [-0.15, -0.1) is 0 Å². The lowest BCUT2D eigenvalue weighted by Crippen LogP contribution is -2.24. The lowest BCUT2D eigenvalue weighted by atomic mass is 10.0. The Kier molecular flexibility index (Phi) is 5.80. The number of hydrogen-bond acceptors (Lipinski definition) is 2. The number of halogens is 1. The summed E-state index contributed by atoms with van der Waals surface area (Å²) in [4.78, 5) is 0. The summed E-state index contributed by atoms with van der Waals surface area (Å²) in [7, 11) is 0. The third-order valence-corrected chi connectivity index (χ3v) is 3.19. The van der Waals surface area contributed by atoms with Crippen LogP contribution in [0, 0.1) is 5.92 Å². The van der Waals surface area contributed by atoms with Crippen LogP contribution < -0.4 is 10.1 Å². The Labute approximate surface area is 116 Å². The molecule has 1 rings (SSSR count). The first-order valence-electron chi connectivity index (χ1n) is 6.66. The van der Waals surface area contributed by atoms with Crippen LogP contribution in [0.15, 0.2) is 18.2 Å². The smallest absolute Gasteiger partial charge is 0.138 e. The zero-order valence-corrected chi connectivity index (χ0v) is 12.7. The molecule has 0 saturated heterocycles. The average molecular weight is 270 g/mol. The lowest BCUT2D eigenvalue weighted by molar-refractivity contribution is 0.242. The molecular weight excluding hydrogens is 246 g/mol. The fourth-order valence-corrected chi connectivity index (χ4v) is 2.12. The van der Waals surface area contributed by atoms with Crippen LogP contribution in [0.4, 0.5) is 5.69 Å². The minimum atomic E-state index is 0.139. The molecule has 0 saturated carbocycles. The molecule has 0 fully saturated rings. The van der Waals surface area contributed by atoms with E-state index in [9.17, 15) is 0 Å². The van der Waals surface area contributed by atoms with Crippen LogP contribution in [-0.4, -0.2) is 12.1 Å². The van der Waals surface area contributed by atoms with Gasteiger partial charge >= 0.3 is 0 Å². The number of benzene rings is 1. The Hall–Kier alpha value is -0.890. The molecule has 0 aliphatic rings. The molecule has 3 heteroatoms. The van der Waals surface area contributed by atoms with Gasteiger partial charge in [0.15, 0.2) is 0 Å². The summed E-state index contributed by atoms with van der Waals surface area (Å²) in [5, 5.41) is 4.17. The largest absolute Gasteiger partial charge is 0.489 e. The van der Waals surface area contributed by atoms with Crippen molar-refractivity contribution in [3.63, 3.8) is 0 Å². The van der Waals surface area contributed by atoms with E-state index in [-0.39, 0.29) is 6.10 Å². The Morgan fingerprint density at radius 2 is 1.89 bits per heavy atom. The van der Waals surface area contributed by atoms with Crippen LogP contribution >= 0.6 is 11.6 Å². The molecule has 0 aliphatic carbocycles. The van der Waals surface area contributed by atoms with Crippen LogP contribution in [0.3, 0.4) is 0 Å². The zero-order valence-electron chi connectivity index (χ0n) is 12.0. The van der Waals surface area contributed by atoms with Crippen LogP contribution in [-0.2, 0) is 0 Å². The van der Waals surface area contributed by atoms with Crippen molar-refractivity contribution in [2.45, 2.75) is 53.2 Å². The number of rotatable bonds is 6. The van der Waals surface area contributed by atoms with Crippen molar-refractivity contribution in [3.05, 3.63) is 23.2 Å². The maximum Gasteiger partial charge on any atom is 0.138 e. The number of nitrogens with one attached hydrogen (secondary N) is 1. The fourth-order valence-electron chi connectivity index (χ4n) is 1.89. The van der Waals surface area contributed by atoms with E-state index >= 15 is 0 Å². The molecule has 0 radical (unpaired) electrons. The van der Waals surface area contributed by atoms with Crippen molar-refractivity contribution >= 4 is 17.3 Å². The van der Waals surface area contributed by atoms with Gasteiger partial charge in [-0.25, -0.2) is 0 Å². The maximum absolute atomic E-state index is 6.21. The van der Waals surface area contributed by atoms with E-state index in [0.717, 1.165) is 17.9 Å². The van der Waals surface area contributed by atoms with Gasteiger partial charge < -0.3 is 10.1 Å². The number of hydrogen-bond donors (Lipinski definition) is 1. The number of ether oxygens (including phenoxy) is 1. The van der Waals surface area contributed by atoms with E-state index in [4.69, 9.17) is 16.3 Å². The van der Waals surface area contributed by atoms with Gasteiger partial charge in [0.2, 0.25) is 0 Å². The summed E-state index contributed by atoms with van der Waals surface area (Å²) in [6.07, 6.45) is 1.24. The second kappa shape index (κ2) is 6.89. The molecular formula is C15H24ClNO. The van der Waals surface area contributed by atoms with Crippen molar-refractivity contribution in [2.24, 2.45) is 5.92 Å². The monoisotopic (exact) mass is 269 g/mol. The molecule has 18 heavy (non-hydrogen) atoms. The van der Waals surface area contributed by atoms with Crippen molar-refractivity contribution < 1.29 is 4.74 Å². The maximum atomic E-state index is 6.21. The molecule has 0 amide bonds. The van der Waals surface area contributed by atoms with Crippen LogP contribution in [0.25, 0.3) is 0 Å². The van der Waals surface area contributed by atoms with Crippen LogP contribution in [0.1, 0.15) is 41.0 Å². The van der Waals surface area contributed by atoms with Gasteiger partial charge in [-0.2, -0.15) is 0 Å². The summed E-state index contributed by atoms with van der Waals surface area (Å²) in [6.45, 7) is 10.6. The first kappa shape index (κ1) is 15.2. The van der Waals surface area contributed by atoms with Gasteiger partial charge in [0.05, 0.1) is 11.1 Å². The fraction of sp³-hybridized carbons (Fsp3) is 0.600. The highest BCUT2D eigenvalue weighted by Crippen LogP contribution is 2.29. The van der Waals surface area contributed by atoms with Crippen LogP contribution in [0.5, 0.6) is 5.75 Å².